The maximum absolute atomic E-state index is 6.19. The molecule has 0 bridgehead atoms. The monoisotopic (exact) mass is 295 g/mol. The highest BCUT2D eigenvalue weighted by Crippen LogP contribution is 2.22. The maximum atomic E-state index is 6.19. The molecule has 2 N–H and O–H groups in total. The van der Waals surface area contributed by atoms with Crippen LogP contribution in [0, 0.1) is 6.92 Å². The van der Waals surface area contributed by atoms with Gasteiger partial charge >= 0.3 is 0 Å². The van der Waals surface area contributed by atoms with Crippen molar-refractivity contribution in [3.8, 4) is 0 Å². The second-order valence-electron chi connectivity index (χ2n) is 5.23. The van der Waals surface area contributed by atoms with Crippen molar-refractivity contribution in [2.75, 3.05) is 33.5 Å². The fourth-order valence-electron chi connectivity index (χ4n) is 2.08. The highest BCUT2D eigenvalue weighted by Gasteiger charge is 2.18. The van der Waals surface area contributed by atoms with Gasteiger partial charge in [0, 0.05) is 26.4 Å². The molecule has 0 radical (unpaired) electrons. The lowest BCUT2D eigenvalue weighted by molar-refractivity contribution is -0.0104. The minimum atomic E-state index is -0.0711. The van der Waals surface area contributed by atoms with E-state index in [0.29, 0.717) is 19.8 Å². The lowest BCUT2D eigenvalue weighted by Gasteiger charge is -2.24. The quantitative estimate of drug-likeness (QED) is 0.638. The summed E-state index contributed by atoms with van der Waals surface area (Å²) in [5.41, 5.74) is 8.56. The number of ether oxygens (including phenoxy) is 3. The van der Waals surface area contributed by atoms with E-state index in [1.165, 1.54) is 5.56 Å². The number of benzene rings is 1. The number of methoxy groups -OCH3 is 1. The van der Waals surface area contributed by atoms with Crippen LogP contribution < -0.4 is 5.73 Å². The van der Waals surface area contributed by atoms with E-state index in [4.69, 9.17) is 19.9 Å². The average Bonchev–Trinajstić information content (AvgIpc) is 2.50. The second-order valence-corrected chi connectivity index (χ2v) is 5.23. The molecule has 21 heavy (non-hydrogen) atoms. The zero-order chi connectivity index (χ0) is 15.5. The summed E-state index contributed by atoms with van der Waals surface area (Å²) in [6.07, 6.45) is 1.72. The smallest absolute Gasteiger partial charge is 0.0976 e. The first-order chi connectivity index (χ1) is 10.2. The predicted octanol–water partition coefficient (Wildman–Crippen LogP) is 2.84. The molecule has 0 amide bonds. The molecule has 4 heteroatoms. The Kier molecular flexibility index (Phi) is 9.26. The number of rotatable bonds is 11. The van der Waals surface area contributed by atoms with Gasteiger partial charge in [0.05, 0.1) is 19.3 Å². The molecule has 1 aromatic carbocycles. The molecule has 0 aliphatic rings. The SMILES string of the molecule is CCC(N)C(OCCOCCCOC)c1ccc(C)cc1. The van der Waals surface area contributed by atoms with Crippen molar-refractivity contribution in [2.45, 2.75) is 38.8 Å². The number of hydrogen-bond acceptors (Lipinski definition) is 4. The van der Waals surface area contributed by atoms with Gasteiger partial charge in [0.25, 0.3) is 0 Å². The average molecular weight is 295 g/mol. The first-order valence-corrected chi connectivity index (χ1v) is 7.69. The Morgan fingerprint density at radius 2 is 1.76 bits per heavy atom. The minimum Gasteiger partial charge on any atom is -0.385 e. The lowest BCUT2D eigenvalue weighted by atomic mass is 10.00. The van der Waals surface area contributed by atoms with Gasteiger partial charge in [-0.1, -0.05) is 36.8 Å². The fraction of sp³-hybridized carbons (Fsp3) is 0.647. The molecule has 0 aliphatic heterocycles. The predicted molar refractivity (Wildman–Crippen MR) is 85.5 cm³/mol. The molecule has 1 rings (SSSR count). The molecular formula is C17H29NO3. The fourth-order valence-corrected chi connectivity index (χ4v) is 2.08. The van der Waals surface area contributed by atoms with Crippen molar-refractivity contribution in [1.82, 2.24) is 0 Å². The molecule has 0 aliphatic carbocycles. The molecule has 2 atom stereocenters. The topological polar surface area (TPSA) is 53.7 Å². The number of aryl methyl sites for hydroxylation is 1. The van der Waals surface area contributed by atoms with Crippen LogP contribution in [0.25, 0.3) is 0 Å². The van der Waals surface area contributed by atoms with Gasteiger partial charge in [0.1, 0.15) is 0 Å². The van der Waals surface area contributed by atoms with Crippen LogP contribution in [0.15, 0.2) is 24.3 Å². The summed E-state index contributed by atoms with van der Waals surface area (Å²) < 4.78 is 16.4. The molecule has 0 fully saturated rings. The van der Waals surface area contributed by atoms with Gasteiger partial charge in [-0.05, 0) is 25.3 Å². The minimum absolute atomic E-state index is 0.00111. The second kappa shape index (κ2) is 10.7. The van der Waals surface area contributed by atoms with Crippen molar-refractivity contribution in [1.29, 1.82) is 0 Å². The third-order valence-electron chi connectivity index (χ3n) is 3.43. The summed E-state index contributed by atoms with van der Waals surface area (Å²) in [7, 11) is 1.70. The Morgan fingerprint density at radius 3 is 2.38 bits per heavy atom. The zero-order valence-corrected chi connectivity index (χ0v) is 13.5. The van der Waals surface area contributed by atoms with Crippen LogP contribution in [0.4, 0.5) is 0 Å². The Morgan fingerprint density at radius 1 is 1.05 bits per heavy atom. The summed E-state index contributed by atoms with van der Waals surface area (Å²) in [5.74, 6) is 0. The molecule has 120 valence electrons. The normalized spacial score (nSPS) is 14.1. The molecule has 0 saturated heterocycles. The first-order valence-electron chi connectivity index (χ1n) is 7.69. The van der Waals surface area contributed by atoms with E-state index in [-0.39, 0.29) is 12.1 Å². The maximum Gasteiger partial charge on any atom is 0.0976 e. The van der Waals surface area contributed by atoms with Gasteiger partial charge in [-0.3, -0.25) is 0 Å². The van der Waals surface area contributed by atoms with Crippen molar-refractivity contribution < 1.29 is 14.2 Å². The molecule has 2 unspecified atom stereocenters. The molecule has 4 nitrogen and oxygen atoms in total. The summed E-state index contributed by atoms with van der Waals surface area (Å²) in [5, 5.41) is 0. The first kappa shape index (κ1) is 18.1. The van der Waals surface area contributed by atoms with Crippen molar-refractivity contribution in [2.24, 2.45) is 5.73 Å². The van der Waals surface area contributed by atoms with Gasteiger partial charge in [0.2, 0.25) is 0 Å². The molecule has 0 spiro atoms. The molecule has 1 aromatic rings. The van der Waals surface area contributed by atoms with Crippen LogP contribution in [0.1, 0.15) is 37.0 Å². The molecule has 0 saturated carbocycles. The molecule has 0 heterocycles. The van der Waals surface area contributed by atoms with Crippen LogP contribution in [0.2, 0.25) is 0 Å². The Bertz CT molecular complexity index is 367. The molecular weight excluding hydrogens is 266 g/mol. The van der Waals surface area contributed by atoms with Gasteiger partial charge in [0.15, 0.2) is 0 Å². The summed E-state index contributed by atoms with van der Waals surface area (Å²) in [6.45, 7) is 6.73. The third kappa shape index (κ3) is 7.05. The van der Waals surface area contributed by atoms with E-state index < -0.39 is 0 Å². The van der Waals surface area contributed by atoms with E-state index in [1.54, 1.807) is 7.11 Å². The van der Waals surface area contributed by atoms with E-state index in [9.17, 15) is 0 Å². The van der Waals surface area contributed by atoms with E-state index in [1.807, 2.05) is 0 Å². The Balaban J connectivity index is 2.39. The van der Waals surface area contributed by atoms with Crippen LogP contribution >= 0.6 is 0 Å². The molecule has 0 aromatic heterocycles. The van der Waals surface area contributed by atoms with Gasteiger partial charge in [-0.15, -0.1) is 0 Å². The summed E-state index contributed by atoms with van der Waals surface area (Å²) in [6, 6.07) is 8.37. The Hall–Kier alpha value is -0.940. The number of nitrogens with two attached hydrogens (primary N) is 1. The standard InChI is InChI=1S/C17H29NO3/c1-4-16(18)17(15-8-6-14(2)7-9-15)21-13-12-20-11-5-10-19-3/h6-9,16-17H,4-5,10-13,18H2,1-3H3. The lowest BCUT2D eigenvalue weighted by Crippen LogP contribution is -2.30. The largest absolute Gasteiger partial charge is 0.385 e. The van der Waals surface area contributed by atoms with Crippen LogP contribution in [-0.4, -0.2) is 39.6 Å². The van der Waals surface area contributed by atoms with E-state index in [0.717, 1.165) is 25.0 Å². The highest BCUT2D eigenvalue weighted by atomic mass is 16.5. The van der Waals surface area contributed by atoms with Crippen LogP contribution in [0.3, 0.4) is 0 Å². The van der Waals surface area contributed by atoms with Crippen LogP contribution in [0.5, 0.6) is 0 Å². The van der Waals surface area contributed by atoms with Gasteiger partial charge < -0.3 is 19.9 Å². The van der Waals surface area contributed by atoms with Gasteiger partial charge in [-0.25, -0.2) is 0 Å². The number of hydrogen-bond donors (Lipinski definition) is 1. The highest BCUT2D eigenvalue weighted by molar-refractivity contribution is 5.24. The van der Waals surface area contributed by atoms with Crippen LogP contribution in [-0.2, 0) is 14.2 Å². The Labute approximate surface area is 128 Å². The van der Waals surface area contributed by atoms with Crippen molar-refractivity contribution in [3.63, 3.8) is 0 Å². The van der Waals surface area contributed by atoms with Gasteiger partial charge in [-0.2, -0.15) is 0 Å². The third-order valence-corrected chi connectivity index (χ3v) is 3.43. The summed E-state index contributed by atoms with van der Waals surface area (Å²) in [4.78, 5) is 0. The van der Waals surface area contributed by atoms with Crippen molar-refractivity contribution >= 4 is 0 Å². The van der Waals surface area contributed by atoms with Crippen molar-refractivity contribution in [3.05, 3.63) is 35.4 Å². The van der Waals surface area contributed by atoms with E-state index >= 15 is 0 Å². The zero-order valence-electron chi connectivity index (χ0n) is 13.5. The summed E-state index contributed by atoms with van der Waals surface area (Å²) >= 11 is 0. The van der Waals surface area contributed by atoms with E-state index in [2.05, 4.69) is 38.1 Å².